The Bertz CT molecular complexity index is 1000. The molecule has 3 nitrogen and oxygen atoms in total. The highest BCUT2D eigenvalue weighted by molar-refractivity contribution is 5.96. The largest absolute Gasteiger partial charge is 0.432 e. The number of hydrogen-bond donors (Lipinski definition) is 0. The molecule has 0 saturated heterocycles. The fourth-order valence-electron chi connectivity index (χ4n) is 3.00. The molecule has 0 spiro atoms. The van der Waals surface area contributed by atoms with Gasteiger partial charge in [0.1, 0.15) is 5.69 Å². The van der Waals surface area contributed by atoms with Crippen molar-refractivity contribution in [1.29, 1.82) is 0 Å². The van der Waals surface area contributed by atoms with Crippen LogP contribution in [0.25, 0.3) is 22.0 Å². The molecular formula is C18H15F3N2O. The minimum absolute atomic E-state index is 0.202. The third kappa shape index (κ3) is 2.48. The minimum Gasteiger partial charge on any atom is -0.346 e. The number of benzene rings is 1. The number of rotatable bonds is 1. The van der Waals surface area contributed by atoms with Crippen LogP contribution in [-0.2, 0) is 13.2 Å². The molecule has 2 aromatic heterocycles. The van der Waals surface area contributed by atoms with Gasteiger partial charge in [0.2, 0.25) is 0 Å². The summed E-state index contributed by atoms with van der Waals surface area (Å²) >= 11 is 0. The smallest absolute Gasteiger partial charge is 0.346 e. The first-order valence-electron chi connectivity index (χ1n) is 7.34. The maximum atomic E-state index is 13.6. The first-order chi connectivity index (χ1) is 11.2. The van der Waals surface area contributed by atoms with Crippen molar-refractivity contribution in [3.05, 3.63) is 63.7 Å². The highest BCUT2D eigenvalue weighted by Crippen LogP contribution is 2.37. The van der Waals surface area contributed by atoms with Gasteiger partial charge in [-0.3, -0.25) is 9.78 Å². The Hall–Kier alpha value is -2.63. The zero-order valence-electron chi connectivity index (χ0n) is 13.4. The van der Waals surface area contributed by atoms with E-state index in [1.54, 1.807) is 18.2 Å². The van der Waals surface area contributed by atoms with Gasteiger partial charge in [-0.2, -0.15) is 13.2 Å². The van der Waals surface area contributed by atoms with Gasteiger partial charge in [-0.1, -0.05) is 18.2 Å². The van der Waals surface area contributed by atoms with Crippen LogP contribution in [0.4, 0.5) is 13.2 Å². The predicted molar refractivity (Wildman–Crippen MR) is 86.9 cm³/mol. The monoisotopic (exact) mass is 332 g/mol. The summed E-state index contributed by atoms with van der Waals surface area (Å²) in [7, 11) is 1.29. The molecule has 0 amide bonds. The number of pyridine rings is 2. The van der Waals surface area contributed by atoms with Gasteiger partial charge in [0, 0.05) is 36.0 Å². The molecule has 0 unspecified atom stereocenters. The fraction of sp³-hybridized carbons (Fsp3) is 0.222. The molecule has 0 atom stereocenters. The SMILES string of the molecule is Cc1cn(C)c(C(F)(F)F)c(-c2ccc(C)c3cccnc23)c1=O. The Morgan fingerprint density at radius 3 is 2.46 bits per heavy atom. The molecule has 24 heavy (non-hydrogen) atoms. The predicted octanol–water partition coefficient (Wildman–Crippen LogP) is 4.24. The Morgan fingerprint density at radius 2 is 1.79 bits per heavy atom. The number of nitrogens with zero attached hydrogens (tertiary/aromatic N) is 2. The minimum atomic E-state index is -4.65. The molecule has 0 aliphatic carbocycles. The fourth-order valence-corrected chi connectivity index (χ4v) is 3.00. The summed E-state index contributed by atoms with van der Waals surface area (Å²) in [4.78, 5) is 16.8. The van der Waals surface area contributed by atoms with E-state index in [1.807, 2.05) is 6.92 Å². The summed E-state index contributed by atoms with van der Waals surface area (Å²) in [5.74, 6) is 0. The number of aryl methyl sites for hydroxylation is 3. The second kappa shape index (κ2) is 5.47. The van der Waals surface area contributed by atoms with Crippen LogP contribution >= 0.6 is 0 Å². The molecule has 1 aromatic carbocycles. The lowest BCUT2D eigenvalue weighted by Crippen LogP contribution is -2.23. The zero-order valence-corrected chi connectivity index (χ0v) is 13.4. The van der Waals surface area contributed by atoms with Crippen molar-refractivity contribution in [3.8, 4) is 11.1 Å². The van der Waals surface area contributed by atoms with E-state index in [1.165, 1.54) is 32.4 Å². The average Bonchev–Trinajstić information content (AvgIpc) is 2.50. The average molecular weight is 332 g/mol. The molecule has 6 heteroatoms. The van der Waals surface area contributed by atoms with Crippen molar-refractivity contribution < 1.29 is 13.2 Å². The summed E-state index contributed by atoms with van der Waals surface area (Å²) in [5.41, 5.74) is -0.206. The molecule has 3 rings (SSSR count). The van der Waals surface area contributed by atoms with E-state index in [2.05, 4.69) is 4.98 Å². The van der Waals surface area contributed by atoms with E-state index < -0.39 is 17.3 Å². The molecule has 0 saturated carbocycles. The van der Waals surface area contributed by atoms with Gasteiger partial charge in [0.25, 0.3) is 0 Å². The highest BCUT2D eigenvalue weighted by atomic mass is 19.4. The Morgan fingerprint density at radius 1 is 1.08 bits per heavy atom. The number of halogens is 3. The van der Waals surface area contributed by atoms with Gasteiger partial charge in [0.05, 0.1) is 11.1 Å². The van der Waals surface area contributed by atoms with Crippen LogP contribution in [0.15, 0.2) is 41.5 Å². The molecule has 0 radical (unpaired) electrons. The second-order valence-electron chi connectivity index (χ2n) is 5.80. The maximum Gasteiger partial charge on any atom is 0.432 e. The van der Waals surface area contributed by atoms with E-state index in [0.717, 1.165) is 15.5 Å². The van der Waals surface area contributed by atoms with Gasteiger partial charge >= 0.3 is 6.18 Å². The van der Waals surface area contributed by atoms with Crippen molar-refractivity contribution in [2.45, 2.75) is 20.0 Å². The number of fused-ring (bicyclic) bond motifs is 1. The summed E-state index contributed by atoms with van der Waals surface area (Å²) < 4.78 is 41.8. The Balaban J connectivity index is 2.53. The molecule has 0 aliphatic rings. The molecule has 0 aliphatic heterocycles. The van der Waals surface area contributed by atoms with Crippen LogP contribution in [0.3, 0.4) is 0 Å². The van der Waals surface area contributed by atoms with Crippen LogP contribution in [0.2, 0.25) is 0 Å². The number of aromatic nitrogens is 2. The van der Waals surface area contributed by atoms with Crippen LogP contribution in [0, 0.1) is 13.8 Å². The van der Waals surface area contributed by atoms with Gasteiger partial charge < -0.3 is 4.57 Å². The lowest BCUT2D eigenvalue weighted by molar-refractivity contribution is -0.143. The van der Waals surface area contributed by atoms with Gasteiger partial charge in [-0.15, -0.1) is 0 Å². The quantitative estimate of drug-likeness (QED) is 0.668. The first kappa shape index (κ1) is 16.2. The third-order valence-electron chi connectivity index (χ3n) is 4.09. The zero-order chi connectivity index (χ0) is 17.6. The van der Waals surface area contributed by atoms with E-state index in [9.17, 15) is 18.0 Å². The molecule has 2 heterocycles. The van der Waals surface area contributed by atoms with E-state index >= 15 is 0 Å². The molecule has 0 bridgehead atoms. The van der Waals surface area contributed by atoms with Crippen LogP contribution in [0.5, 0.6) is 0 Å². The summed E-state index contributed by atoms with van der Waals surface area (Å²) in [6, 6.07) is 6.75. The van der Waals surface area contributed by atoms with E-state index in [-0.39, 0.29) is 16.7 Å². The number of alkyl halides is 3. The summed E-state index contributed by atoms with van der Waals surface area (Å²) in [6.45, 7) is 3.36. The Labute approximate surface area is 136 Å². The molecule has 0 fully saturated rings. The van der Waals surface area contributed by atoms with Gasteiger partial charge in [-0.25, -0.2) is 0 Å². The number of hydrogen-bond acceptors (Lipinski definition) is 2. The highest BCUT2D eigenvalue weighted by Gasteiger charge is 2.38. The summed E-state index contributed by atoms with van der Waals surface area (Å²) in [6.07, 6.45) is -1.93. The molecular weight excluding hydrogens is 317 g/mol. The van der Waals surface area contributed by atoms with E-state index in [0.29, 0.717) is 5.52 Å². The first-order valence-corrected chi connectivity index (χ1v) is 7.34. The standard InChI is InChI=1S/C18H15F3N2O/c1-10-6-7-13(15-12(10)5-4-8-22-15)14-16(24)11(2)9-23(3)17(14)18(19,20)21/h4-9H,1-3H3. The lowest BCUT2D eigenvalue weighted by atomic mass is 9.96. The second-order valence-corrected chi connectivity index (χ2v) is 5.80. The van der Waals surface area contributed by atoms with Crippen molar-refractivity contribution in [1.82, 2.24) is 9.55 Å². The molecule has 0 N–H and O–H groups in total. The van der Waals surface area contributed by atoms with E-state index in [4.69, 9.17) is 0 Å². The molecule has 124 valence electrons. The van der Waals surface area contributed by atoms with Crippen molar-refractivity contribution in [2.24, 2.45) is 7.05 Å². The maximum absolute atomic E-state index is 13.6. The summed E-state index contributed by atoms with van der Waals surface area (Å²) in [5, 5.41) is 0.728. The van der Waals surface area contributed by atoms with Crippen LogP contribution in [-0.4, -0.2) is 9.55 Å². The van der Waals surface area contributed by atoms with Crippen molar-refractivity contribution in [2.75, 3.05) is 0 Å². The third-order valence-corrected chi connectivity index (χ3v) is 4.09. The lowest BCUT2D eigenvalue weighted by Gasteiger charge is -2.18. The van der Waals surface area contributed by atoms with Crippen LogP contribution in [0.1, 0.15) is 16.8 Å². The van der Waals surface area contributed by atoms with Crippen molar-refractivity contribution >= 4 is 10.9 Å². The van der Waals surface area contributed by atoms with Crippen molar-refractivity contribution in [3.63, 3.8) is 0 Å². The van der Waals surface area contributed by atoms with Crippen LogP contribution < -0.4 is 5.43 Å². The Kier molecular flexibility index (Phi) is 3.70. The topological polar surface area (TPSA) is 34.9 Å². The normalized spacial score (nSPS) is 11.9. The molecule has 3 aromatic rings. The van der Waals surface area contributed by atoms with Gasteiger partial charge in [-0.05, 0) is 25.5 Å². The van der Waals surface area contributed by atoms with Gasteiger partial charge in [0.15, 0.2) is 5.43 Å².